The third-order valence-corrected chi connectivity index (χ3v) is 2.56. The molecule has 4 nitrogen and oxygen atoms in total. The first-order valence-electron chi connectivity index (χ1n) is 6.30. The molecule has 0 fully saturated rings. The van der Waals surface area contributed by atoms with Crippen LogP contribution in [0.15, 0.2) is 59.7 Å². The van der Waals surface area contributed by atoms with Crippen LogP contribution in [0.25, 0.3) is 0 Å². The Morgan fingerprint density at radius 2 is 1.85 bits per heavy atom. The normalized spacial score (nSPS) is 10.4. The molecular weight excluding hydrogens is 252 g/mol. The van der Waals surface area contributed by atoms with Crippen molar-refractivity contribution < 1.29 is 9.53 Å². The summed E-state index contributed by atoms with van der Waals surface area (Å²) in [4.78, 5) is 10.7. The fourth-order valence-corrected chi connectivity index (χ4v) is 1.59. The van der Waals surface area contributed by atoms with Gasteiger partial charge in [-0.25, -0.2) is 5.43 Å². The van der Waals surface area contributed by atoms with E-state index in [1.165, 1.54) is 6.92 Å². The van der Waals surface area contributed by atoms with E-state index in [0.717, 1.165) is 16.9 Å². The zero-order chi connectivity index (χ0) is 14.2. The second kappa shape index (κ2) is 7.09. The molecule has 0 heterocycles. The van der Waals surface area contributed by atoms with Gasteiger partial charge < -0.3 is 4.74 Å². The van der Waals surface area contributed by atoms with Crippen LogP contribution in [0.3, 0.4) is 0 Å². The Morgan fingerprint density at radius 1 is 1.15 bits per heavy atom. The van der Waals surface area contributed by atoms with E-state index in [9.17, 15) is 4.79 Å². The third-order valence-electron chi connectivity index (χ3n) is 2.56. The number of ether oxygens (including phenoxy) is 1. The summed E-state index contributed by atoms with van der Waals surface area (Å²) in [6.45, 7) is 1.96. The number of carbonyl (C=O) groups excluding carboxylic acids is 1. The Morgan fingerprint density at radius 3 is 2.50 bits per heavy atom. The minimum Gasteiger partial charge on any atom is -0.489 e. The summed E-state index contributed by atoms with van der Waals surface area (Å²) in [5.74, 6) is 0.606. The molecule has 0 atom stereocenters. The number of nitrogens with zero attached hydrogens (tertiary/aromatic N) is 1. The van der Waals surface area contributed by atoms with Gasteiger partial charge in [0, 0.05) is 6.92 Å². The van der Waals surface area contributed by atoms with Gasteiger partial charge in [0.15, 0.2) is 0 Å². The SMILES string of the molecule is CC(=O)NN=Cc1ccc(OCc2ccccc2)cc1. The number of carbonyl (C=O) groups is 1. The van der Waals surface area contributed by atoms with Crippen molar-refractivity contribution in [1.82, 2.24) is 5.43 Å². The van der Waals surface area contributed by atoms with Crippen molar-refractivity contribution in [2.24, 2.45) is 5.10 Å². The maximum atomic E-state index is 10.7. The van der Waals surface area contributed by atoms with Crippen molar-refractivity contribution in [2.45, 2.75) is 13.5 Å². The van der Waals surface area contributed by atoms with Crippen LogP contribution in [0.4, 0.5) is 0 Å². The lowest BCUT2D eigenvalue weighted by atomic mass is 10.2. The highest BCUT2D eigenvalue weighted by atomic mass is 16.5. The van der Waals surface area contributed by atoms with Crippen LogP contribution in [0.2, 0.25) is 0 Å². The Kier molecular flexibility index (Phi) is 4.89. The number of hydrogen-bond acceptors (Lipinski definition) is 3. The molecule has 0 bridgehead atoms. The topological polar surface area (TPSA) is 50.7 Å². The first kappa shape index (κ1) is 13.8. The van der Waals surface area contributed by atoms with Gasteiger partial charge in [-0.15, -0.1) is 0 Å². The molecule has 102 valence electrons. The average molecular weight is 268 g/mol. The van der Waals surface area contributed by atoms with Crippen LogP contribution in [-0.2, 0) is 11.4 Å². The molecule has 1 amide bonds. The van der Waals surface area contributed by atoms with Gasteiger partial charge in [-0.05, 0) is 35.4 Å². The molecule has 0 aliphatic carbocycles. The minimum absolute atomic E-state index is 0.191. The number of rotatable bonds is 5. The summed E-state index contributed by atoms with van der Waals surface area (Å²) < 4.78 is 5.68. The van der Waals surface area contributed by atoms with Gasteiger partial charge in [-0.1, -0.05) is 30.3 Å². The molecule has 0 saturated heterocycles. The molecule has 0 radical (unpaired) electrons. The van der Waals surface area contributed by atoms with Crippen LogP contribution in [-0.4, -0.2) is 12.1 Å². The second-order valence-corrected chi connectivity index (χ2v) is 4.27. The second-order valence-electron chi connectivity index (χ2n) is 4.27. The summed E-state index contributed by atoms with van der Waals surface area (Å²) >= 11 is 0. The number of hydrazone groups is 1. The van der Waals surface area contributed by atoms with Gasteiger partial charge in [-0.2, -0.15) is 5.10 Å². The fourth-order valence-electron chi connectivity index (χ4n) is 1.59. The predicted octanol–water partition coefficient (Wildman–Crippen LogP) is 2.74. The maximum Gasteiger partial charge on any atom is 0.236 e. The molecule has 0 aliphatic heterocycles. The number of nitrogens with one attached hydrogen (secondary N) is 1. The van der Waals surface area contributed by atoms with Crippen LogP contribution in [0.5, 0.6) is 5.75 Å². The van der Waals surface area contributed by atoms with Gasteiger partial charge in [0.25, 0.3) is 0 Å². The van der Waals surface area contributed by atoms with E-state index < -0.39 is 0 Å². The lowest BCUT2D eigenvalue weighted by Gasteiger charge is -2.06. The Balaban J connectivity index is 1.88. The van der Waals surface area contributed by atoms with E-state index in [1.807, 2.05) is 54.6 Å². The van der Waals surface area contributed by atoms with Crippen LogP contribution >= 0.6 is 0 Å². The molecule has 2 rings (SSSR count). The summed E-state index contributed by atoms with van der Waals surface area (Å²) in [7, 11) is 0. The molecule has 20 heavy (non-hydrogen) atoms. The first-order valence-corrected chi connectivity index (χ1v) is 6.30. The number of benzene rings is 2. The fraction of sp³-hybridized carbons (Fsp3) is 0.125. The molecule has 2 aromatic rings. The van der Waals surface area contributed by atoms with Crippen LogP contribution in [0, 0.1) is 0 Å². The summed E-state index contributed by atoms with van der Waals surface area (Å²) in [5.41, 5.74) is 4.38. The molecule has 1 N–H and O–H groups in total. The van der Waals surface area contributed by atoms with Crippen molar-refractivity contribution in [3.63, 3.8) is 0 Å². The average Bonchev–Trinajstić information content (AvgIpc) is 2.47. The van der Waals surface area contributed by atoms with Crippen LogP contribution in [0.1, 0.15) is 18.1 Å². The van der Waals surface area contributed by atoms with Gasteiger partial charge in [0.1, 0.15) is 12.4 Å². The summed E-state index contributed by atoms with van der Waals surface area (Å²) in [6, 6.07) is 17.5. The highest BCUT2D eigenvalue weighted by molar-refractivity contribution is 5.81. The van der Waals surface area contributed by atoms with E-state index in [2.05, 4.69) is 10.5 Å². The zero-order valence-corrected chi connectivity index (χ0v) is 11.2. The van der Waals surface area contributed by atoms with E-state index in [4.69, 9.17) is 4.74 Å². The highest BCUT2D eigenvalue weighted by Gasteiger charge is 1.96. The molecule has 0 saturated carbocycles. The lowest BCUT2D eigenvalue weighted by Crippen LogP contribution is -2.12. The van der Waals surface area contributed by atoms with Crippen molar-refractivity contribution >= 4 is 12.1 Å². The van der Waals surface area contributed by atoms with Crippen molar-refractivity contribution in [2.75, 3.05) is 0 Å². The monoisotopic (exact) mass is 268 g/mol. The van der Waals surface area contributed by atoms with Gasteiger partial charge in [0.2, 0.25) is 5.91 Å². The molecule has 0 aromatic heterocycles. The van der Waals surface area contributed by atoms with Crippen molar-refractivity contribution in [3.05, 3.63) is 65.7 Å². The molecule has 2 aromatic carbocycles. The zero-order valence-electron chi connectivity index (χ0n) is 11.2. The predicted molar refractivity (Wildman–Crippen MR) is 78.6 cm³/mol. The lowest BCUT2D eigenvalue weighted by molar-refractivity contribution is -0.118. The summed E-state index contributed by atoms with van der Waals surface area (Å²) in [6.07, 6.45) is 1.59. The van der Waals surface area contributed by atoms with Gasteiger partial charge >= 0.3 is 0 Å². The third kappa shape index (κ3) is 4.57. The van der Waals surface area contributed by atoms with E-state index in [1.54, 1.807) is 6.21 Å². The van der Waals surface area contributed by atoms with Crippen LogP contribution < -0.4 is 10.2 Å². The largest absolute Gasteiger partial charge is 0.489 e. The Labute approximate surface area is 118 Å². The molecule has 0 unspecified atom stereocenters. The molecule has 0 aliphatic rings. The van der Waals surface area contributed by atoms with E-state index in [0.29, 0.717) is 6.61 Å². The molecule has 4 heteroatoms. The minimum atomic E-state index is -0.191. The Hall–Kier alpha value is -2.62. The molecule has 0 spiro atoms. The Bertz CT molecular complexity index is 577. The van der Waals surface area contributed by atoms with E-state index in [-0.39, 0.29) is 5.91 Å². The maximum absolute atomic E-state index is 10.7. The smallest absolute Gasteiger partial charge is 0.236 e. The highest BCUT2D eigenvalue weighted by Crippen LogP contribution is 2.13. The number of hydrogen-bond donors (Lipinski definition) is 1. The van der Waals surface area contributed by atoms with Crippen molar-refractivity contribution in [3.8, 4) is 5.75 Å². The first-order chi connectivity index (χ1) is 9.74. The van der Waals surface area contributed by atoms with Gasteiger partial charge in [-0.3, -0.25) is 4.79 Å². The van der Waals surface area contributed by atoms with Gasteiger partial charge in [0.05, 0.1) is 6.21 Å². The number of amides is 1. The molecular formula is C16H16N2O2. The van der Waals surface area contributed by atoms with E-state index >= 15 is 0 Å². The quantitative estimate of drug-likeness (QED) is 0.669. The summed E-state index contributed by atoms with van der Waals surface area (Å²) in [5, 5.41) is 3.80. The van der Waals surface area contributed by atoms with Crippen molar-refractivity contribution in [1.29, 1.82) is 0 Å². The standard InChI is InChI=1S/C16H16N2O2/c1-13(19)18-17-11-14-7-9-16(10-8-14)20-12-15-5-3-2-4-6-15/h2-11H,12H2,1H3,(H,18,19).